The predicted octanol–water partition coefficient (Wildman–Crippen LogP) is 3.12. The summed E-state index contributed by atoms with van der Waals surface area (Å²) in [4.78, 5) is 25.1. The van der Waals surface area contributed by atoms with Gasteiger partial charge in [-0.15, -0.1) is 23.1 Å². The Hall–Kier alpha value is -1.79. The number of amides is 1. The van der Waals surface area contributed by atoms with E-state index in [2.05, 4.69) is 5.32 Å². The molecule has 0 aliphatic rings. The monoisotopic (exact) mass is 335 g/mol. The summed E-state index contributed by atoms with van der Waals surface area (Å²) >= 11 is 2.98. The average molecular weight is 335 g/mol. The van der Waals surface area contributed by atoms with E-state index in [0.29, 0.717) is 11.4 Å². The van der Waals surface area contributed by atoms with Crippen LogP contribution >= 0.6 is 23.1 Å². The van der Waals surface area contributed by atoms with Crippen molar-refractivity contribution in [2.75, 3.05) is 18.9 Å². The number of hydrogen-bond acceptors (Lipinski definition) is 5. The second kappa shape index (κ2) is 8.60. The van der Waals surface area contributed by atoms with Crippen LogP contribution in [-0.4, -0.2) is 30.8 Å². The molecule has 0 unspecified atom stereocenters. The molecular formula is C16H17NO3S2. The van der Waals surface area contributed by atoms with Crippen molar-refractivity contribution in [3.05, 3.63) is 52.2 Å². The fourth-order valence-corrected chi connectivity index (χ4v) is 3.31. The standard InChI is InChI=1S/C16H17NO3S2/c1-12-7-9-22-15(12)16(19)20-11-14(18)17-8-10-21-13-5-3-2-4-6-13/h2-7,9H,8,10-11H2,1H3,(H,17,18). The fraction of sp³-hybridized carbons (Fsp3) is 0.250. The number of carbonyl (C=O) groups is 2. The van der Waals surface area contributed by atoms with Crippen molar-refractivity contribution in [1.29, 1.82) is 0 Å². The Morgan fingerprint density at radius 2 is 2.00 bits per heavy atom. The van der Waals surface area contributed by atoms with Crippen LogP contribution in [0.5, 0.6) is 0 Å². The van der Waals surface area contributed by atoms with Gasteiger partial charge in [-0.2, -0.15) is 0 Å². The van der Waals surface area contributed by atoms with Crippen LogP contribution in [0, 0.1) is 6.92 Å². The predicted molar refractivity (Wildman–Crippen MR) is 89.5 cm³/mol. The van der Waals surface area contributed by atoms with Crippen LogP contribution in [0.25, 0.3) is 0 Å². The van der Waals surface area contributed by atoms with Gasteiger partial charge >= 0.3 is 5.97 Å². The van der Waals surface area contributed by atoms with Crippen molar-refractivity contribution < 1.29 is 14.3 Å². The highest BCUT2D eigenvalue weighted by Crippen LogP contribution is 2.17. The van der Waals surface area contributed by atoms with E-state index in [4.69, 9.17) is 4.74 Å². The normalized spacial score (nSPS) is 10.2. The summed E-state index contributed by atoms with van der Waals surface area (Å²) in [6, 6.07) is 11.8. The first-order valence-electron chi connectivity index (χ1n) is 6.82. The van der Waals surface area contributed by atoms with Gasteiger partial charge in [-0.1, -0.05) is 18.2 Å². The van der Waals surface area contributed by atoms with Gasteiger partial charge in [0.1, 0.15) is 4.88 Å². The molecule has 0 radical (unpaired) electrons. The number of ether oxygens (including phenoxy) is 1. The first-order valence-corrected chi connectivity index (χ1v) is 8.69. The first kappa shape index (κ1) is 16.6. The molecule has 0 aliphatic carbocycles. The summed E-state index contributed by atoms with van der Waals surface area (Å²) in [7, 11) is 0. The molecule has 22 heavy (non-hydrogen) atoms. The molecule has 0 bridgehead atoms. The summed E-state index contributed by atoms with van der Waals surface area (Å²) in [5.74, 6) is 0.0471. The minimum atomic E-state index is -0.443. The lowest BCUT2D eigenvalue weighted by molar-refractivity contribution is -0.124. The van der Waals surface area contributed by atoms with Crippen LogP contribution in [0.15, 0.2) is 46.7 Å². The summed E-state index contributed by atoms with van der Waals surface area (Å²) in [5.41, 5.74) is 0.870. The van der Waals surface area contributed by atoms with E-state index in [0.717, 1.165) is 16.2 Å². The first-order chi connectivity index (χ1) is 10.7. The molecule has 0 aliphatic heterocycles. The number of hydrogen-bond donors (Lipinski definition) is 1. The zero-order chi connectivity index (χ0) is 15.8. The van der Waals surface area contributed by atoms with Crippen LogP contribution in [0.1, 0.15) is 15.2 Å². The lowest BCUT2D eigenvalue weighted by atomic mass is 10.3. The van der Waals surface area contributed by atoms with Gasteiger partial charge in [0.2, 0.25) is 0 Å². The smallest absolute Gasteiger partial charge is 0.349 e. The Bertz CT molecular complexity index is 625. The third-order valence-corrected chi connectivity index (χ3v) is 4.83. The van der Waals surface area contributed by atoms with Crippen molar-refractivity contribution in [3.8, 4) is 0 Å². The number of thioether (sulfide) groups is 1. The molecule has 1 aromatic heterocycles. The molecule has 1 heterocycles. The Morgan fingerprint density at radius 3 is 2.68 bits per heavy atom. The number of nitrogens with one attached hydrogen (secondary N) is 1. The second-order valence-corrected chi connectivity index (χ2v) is 6.60. The van der Waals surface area contributed by atoms with Gasteiger partial charge < -0.3 is 10.1 Å². The molecule has 1 aromatic carbocycles. The van der Waals surface area contributed by atoms with Gasteiger partial charge in [0.25, 0.3) is 5.91 Å². The van der Waals surface area contributed by atoms with Crippen LogP contribution in [-0.2, 0) is 9.53 Å². The summed E-state index contributed by atoms with van der Waals surface area (Å²) in [5, 5.41) is 4.56. The molecule has 116 valence electrons. The topological polar surface area (TPSA) is 55.4 Å². The molecule has 4 nitrogen and oxygen atoms in total. The molecule has 0 saturated carbocycles. The van der Waals surface area contributed by atoms with E-state index in [1.807, 2.05) is 48.7 Å². The van der Waals surface area contributed by atoms with Crippen molar-refractivity contribution in [2.24, 2.45) is 0 Å². The third-order valence-electron chi connectivity index (χ3n) is 2.82. The van der Waals surface area contributed by atoms with Crippen LogP contribution in [0.3, 0.4) is 0 Å². The molecule has 2 rings (SSSR count). The number of carbonyl (C=O) groups excluding carboxylic acids is 2. The van der Waals surface area contributed by atoms with Crippen LogP contribution in [0.2, 0.25) is 0 Å². The highest BCUT2D eigenvalue weighted by molar-refractivity contribution is 7.99. The number of rotatable bonds is 7. The quantitative estimate of drug-likeness (QED) is 0.480. The summed E-state index contributed by atoms with van der Waals surface area (Å²) in [6.07, 6.45) is 0. The van der Waals surface area contributed by atoms with Gasteiger partial charge in [-0.25, -0.2) is 4.79 Å². The van der Waals surface area contributed by atoms with E-state index in [1.54, 1.807) is 11.8 Å². The fourth-order valence-electron chi connectivity index (χ4n) is 1.71. The maximum Gasteiger partial charge on any atom is 0.349 e. The summed E-state index contributed by atoms with van der Waals surface area (Å²) in [6.45, 7) is 2.13. The van der Waals surface area contributed by atoms with E-state index in [1.165, 1.54) is 11.3 Å². The van der Waals surface area contributed by atoms with E-state index >= 15 is 0 Å². The largest absolute Gasteiger partial charge is 0.451 e. The van der Waals surface area contributed by atoms with Crippen molar-refractivity contribution in [1.82, 2.24) is 5.32 Å². The molecule has 1 amide bonds. The molecule has 6 heteroatoms. The zero-order valence-corrected chi connectivity index (χ0v) is 13.8. The molecule has 2 aromatic rings. The third kappa shape index (κ3) is 5.20. The Morgan fingerprint density at radius 1 is 1.23 bits per heavy atom. The number of esters is 1. The number of aryl methyl sites for hydroxylation is 1. The maximum atomic E-state index is 11.8. The number of benzene rings is 1. The average Bonchev–Trinajstić information content (AvgIpc) is 2.96. The van der Waals surface area contributed by atoms with Gasteiger partial charge in [0.15, 0.2) is 6.61 Å². The molecule has 0 fully saturated rings. The number of thiophene rings is 1. The molecular weight excluding hydrogens is 318 g/mol. The highest BCUT2D eigenvalue weighted by Gasteiger charge is 2.13. The Balaban J connectivity index is 1.62. The lowest BCUT2D eigenvalue weighted by Crippen LogP contribution is -2.30. The molecule has 0 spiro atoms. The second-order valence-electron chi connectivity index (χ2n) is 4.52. The van der Waals surface area contributed by atoms with Gasteiger partial charge in [-0.3, -0.25) is 4.79 Å². The van der Waals surface area contributed by atoms with Gasteiger partial charge in [0.05, 0.1) is 0 Å². The highest BCUT2D eigenvalue weighted by atomic mass is 32.2. The van der Waals surface area contributed by atoms with E-state index in [-0.39, 0.29) is 12.5 Å². The Labute approximate surface area is 137 Å². The molecule has 0 saturated heterocycles. The molecule has 0 atom stereocenters. The zero-order valence-electron chi connectivity index (χ0n) is 12.2. The molecule has 1 N–H and O–H groups in total. The van der Waals surface area contributed by atoms with Crippen molar-refractivity contribution >= 4 is 35.0 Å². The SMILES string of the molecule is Cc1ccsc1C(=O)OCC(=O)NCCSc1ccccc1. The van der Waals surface area contributed by atoms with E-state index < -0.39 is 5.97 Å². The summed E-state index contributed by atoms with van der Waals surface area (Å²) < 4.78 is 5.00. The Kier molecular flexibility index (Phi) is 6.48. The minimum absolute atomic E-state index is 0.244. The maximum absolute atomic E-state index is 11.8. The van der Waals surface area contributed by atoms with Gasteiger partial charge in [0, 0.05) is 17.2 Å². The van der Waals surface area contributed by atoms with Crippen LogP contribution in [0.4, 0.5) is 0 Å². The minimum Gasteiger partial charge on any atom is -0.451 e. The van der Waals surface area contributed by atoms with E-state index in [9.17, 15) is 9.59 Å². The van der Waals surface area contributed by atoms with Crippen molar-refractivity contribution in [2.45, 2.75) is 11.8 Å². The lowest BCUT2D eigenvalue weighted by Gasteiger charge is -2.06. The van der Waals surface area contributed by atoms with Crippen molar-refractivity contribution in [3.63, 3.8) is 0 Å². The van der Waals surface area contributed by atoms with Crippen LogP contribution < -0.4 is 5.32 Å². The van der Waals surface area contributed by atoms with Gasteiger partial charge in [-0.05, 0) is 36.1 Å².